The lowest BCUT2D eigenvalue weighted by Crippen LogP contribution is -2.47. The van der Waals surface area contributed by atoms with Crippen LogP contribution in [0, 0.1) is 11.3 Å². The van der Waals surface area contributed by atoms with Crippen LogP contribution >= 0.6 is 23.2 Å². The van der Waals surface area contributed by atoms with E-state index in [2.05, 4.69) is 33.3 Å². The number of benzene rings is 2. The maximum absolute atomic E-state index is 12.0. The quantitative estimate of drug-likeness (QED) is 0.745. The van der Waals surface area contributed by atoms with Gasteiger partial charge in [0.15, 0.2) is 4.84 Å². The number of fused-ring (bicyclic) bond motifs is 5. The van der Waals surface area contributed by atoms with Crippen LogP contribution in [0.25, 0.3) is 0 Å². The number of nitriles is 1. The molecule has 144 valence electrons. The Bertz CT molecular complexity index is 956. The summed E-state index contributed by atoms with van der Waals surface area (Å²) >= 11 is 11.4. The fraction of sp³-hybridized carbons (Fsp3) is 0.333. The van der Waals surface area contributed by atoms with Crippen LogP contribution in [0.5, 0.6) is 0 Å². The number of carbonyl (C=O) groups is 1. The molecule has 2 heterocycles. The number of nitrogens with zero attached hydrogens (tertiary/aromatic N) is 3. The van der Waals surface area contributed by atoms with Gasteiger partial charge < -0.3 is 15.1 Å². The molecule has 0 bridgehead atoms. The molecule has 2 aromatic rings. The van der Waals surface area contributed by atoms with Crippen LogP contribution in [0.3, 0.4) is 0 Å². The van der Waals surface area contributed by atoms with Crippen molar-refractivity contribution in [2.45, 2.75) is 29.8 Å². The number of halogens is 2. The Balaban J connectivity index is 1.77. The van der Waals surface area contributed by atoms with E-state index in [1.165, 1.54) is 5.56 Å². The summed E-state index contributed by atoms with van der Waals surface area (Å²) in [5, 5.41) is 12.3. The summed E-state index contributed by atoms with van der Waals surface area (Å²) in [4.78, 5) is 15.4. The average molecular weight is 415 g/mol. The highest BCUT2D eigenvalue weighted by molar-refractivity contribution is 6.53. The zero-order valence-electron chi connectivity index (χ0n) is 15.4. The SMILES string of the molecule is CN1c2ccccc2[C@H]2C[C@@H](NC(=O)C(Cl)Cl)CCN2c2ccc(C#N)cc21. The Morgan fingerprint density at radius 3 is 2.75 bits per heavy atom. The summed E-state index contributed by atoms with van der Waals surface area (Å²) < 4.78 is 0. The van der Waals surface area contributed by atoms with E-state index in [-0.39, 0.29) is 18.0 Å². The molecule has 0 spiro atoms. The first-order valence-corrected chi connectivity index (χ1v) is 10.1. The van der Waals surface area contributed by atoms with Crippen LogP contribution in [-0.4, -0.2) is 30.4 Å². The van der Waals surface area contributed by atoms with Gasteiger partial charge in [-0.15, -0.1) is 0 Å². The molecular weight excluding hydrogens is 395 g/mol. The van der Waals surface area contributed by atoms with Crippen LogP contribution in [0.4, 0.5) is 17.1 Å². The molecule has 7 heteroatoms. The lowest BCUT2D eigenvalue weighted by Gasteiger charge is -2.41. The van der Waals surface area contributed by atoms with Gasteiger partial charge in [-0.05, 0) is 42.7 Å². The lowest BCUT2D eigenvalue weighted by atomic mass is 9.90. The van der Waals surface area contributed by atoms with Gasteiger partial charge in [-0.25, -0.2) is 0 Å². The molecule has 2 aromatic carbocycles. The topological polar surface area (TPSA) is 59.4 Å². The van der Waals surface area contributed by atoms with Crippen LogP contribution < -0.4 is 15.1 Å². The third kappa shape index (κ3) is 3.28. The number of anilines is 3. The highest BCUT2D eigenvalue weighted by Gasteiger charge is 2.36. The van der Waals surface area contributed by atoms with E-state index < -0.39 is 4.84 Å². The van der Waals surface area contributed by atoms with Crippen molar-refractivity contribution in [2.24, 2.45) is 0 Å². The second-order valence-corrected chi connectivity index (χ2v) is 8.27. The summed E-state index contributed by atoms with van der Waals surface area (Å²) in [6.07, 6.45) is 1.56. The average Bonchev–Trinajstić information content (AvgIpc) is 2.81. The van der Waals surface area contributed by atoms with Crippen LogP contribution in [-0.2, 0) is 4.79 Å². The Labute approximate surface area is 174 Å². The van der Waals surface area contributed by atoms with E-state index in [1.807, 2.05) is 37.4 Å². The van der Waals surface area contributed by atoms with Gasteiger partial charge in [0.2, 0.25) is 0 Å². The first kappa shape index (κ1) is 18.9. The van der Waals surface area contributed by atoms with Gasteiger partial charge in [0.05, 0.1) is 29.0 Å². The molecule has 0 aliphatic carbocycles. The largest absolute Gasteiger partial charge is 0.363 e. The molecule has 2 atom stereocenters. The minimum Gasteiger partial charge on any atom is -0.363 e. The normalized spacial score (nSPS) is 20.5. The van der Waals surface area contributed by atoms with E-state index in [9.17, 15) is 10.1 Å². The molecule has 4 rings (SSSR count). The molecule has 0 radical (unpaired) electrons. The molecule has 2 aliphatic heterocycles. The Morgan fingerprint density at radius 1 is 1.21 bits per heavy atom. The van der Waals surface area contributed by atoms with Crippen molar-refractivity contribution >= 4 is 46.2 Å². The van der Waals surface area contributed by atoms with Gasteiger partial charge in [-0.2, -0.15) is 5.26 Å². The zero-order chi connectivity index (χ0) is 19.8. The van der Waals surface area contributed by atoms with E-state index >= 15 is 0 Å². The van der Waals surface area contributed by atoms with Gasteiger partial charge in [-0.3, -0.25) is 4.79 Å². The number of nitrogens with one attached hydrogen (secondary N) is 1. The molecule has 1 N–H and O–H groups in total. The molecule has 0 aromatic heterocycles. The van der Waals surface area contributed by atoms with Crippen molar-refractivity contribution in [3.8, 4) is 6.07 Å². The summed E-state index contributed by atoms with van der Waals surface area (Å²) in [6, 6.07) is 16.5. The van der Waals surface area contributed by atoms with Crippen molar-refractivity contribution in [1.29, 1.82) is 5.26 Å². The molecule has 1 saturated heterocycles. The van der Waals surface area contributed by atoms with Gasteiger partial charge in [0, 0.05) is 25.3 Å². The van der Waals surface area contributed by atoms with Gasteiger partial charge in [0.25, 0.3) is 5.91 Å². The molecule has 0 saturated carbocycles. The fourth-order valence-corrected chi connectivity index (χ4v) is 4.38. The Kier molecular flexibility index (Phi) is 5.09. The summed E-state index contributed by atoms with van der Waals surface area (Å²) in [6.45, 7) is 0.784. The first-order valence-electron chi connectivity index (χ1n) is 9.21. The highest BCUT2D eigenvalue weighted by atomic mass is 35.5. The Hall–Kier alpha value is -2.42. The van der Waals surface area contributed by atoms with Crippen LogP contribution in [0.1, 0.15) is 30.0 Å². The van der Waals surface area contributed by atoms with Gasteiger partial charge in [0.1, 0.15) is 0 Å². The molecular formula is C21H20Cl2N4O. The number of carbonyl (C=O) groups excluding carboxylic acids is 1. The molecule has 0 unspecified atom stereocenters. The number of hydrogen-bond acceptors (Lipinski definition) is 4. The van der Waals surface area contributed by atoms with Gasteiger partial charge in [-0.1, -0.05) is 41.4 Å². The van der Waals surface area contributed by atoms with E-state index in [1.54, 1.807) is 0 Å². The number of alkyl halides is 2. The maximum Gasteiger partial charge on any atom is 0.253 e. The minimum absolute atomic E-state index is 0.00652. The number of piperidine rings is 1. The fourth-order valence-electron chi connectivity index (χ4n) is 4.25. The van der Waals surface area contributed by atoms with E-state index in [0.717, 1.165) is 36.4 Å². The van der Waals surface area contributed by atoms with Crippen molar-refractivity contribution in [1.82, 2.24) is 5.32 Å². The highest BCUT2D eigenvalue weighted by Crippen LogP contribution is 2.47. The van der Waals surface area contributed by atoms with Crippen LogP contribution in [0.15, 0.2) is 42.5 Å². The number of rotatable bonds is 2. The monoisotopic (exact) mass is 414 g/mol. The zero-order valence-corrected chi connectivity index (χ0v) is 16.9. The number of hydrogen-bond donors (Lipinski definition) is 1. The predicted octanol–water partition coefficient (Wildman–Crippen LogP) is 4.27. The van der Waals surface area contributed by atoms with Gasteiger partial charge >= 0.3 is 0 Å². The summed E-state index contributed by atoms with van der Waals surface area (Å²) in [7, 11) is 2.03. The second kappa shape index (κ2) is 7.54. The maximum atomic E-state index is 12.0. The third-order valence-corrected chi connectivity index (χ3v) is 5.98. The molecule has 5 nitrogen and oxygen atoms in total. The Morgan fingerprint density at radius 2 is 2.00 bits per heavy atom. The third-order valence-electron chi connectivity index (χ3n) is 5.58. The lowest BCUT2D eigenvalue weighted by molar-refractivity contribution is -0.120. The van der Waals surface area contributed by atoms with E-state index in [4.69, 9.17) is 23.2 Å². The summed E-state index contributed by atoms with van der Waals surface area (Å²) in [5.41, 5.74) is 5.05. The minimum atomic E-state index is -1.06. The predicted molar refractivity (Wildman–Crippen MR) is 112 cm³/mol. The molecule has 1 amide bonds. The van der Waals surface area contributed by atoms with Crippen molar-refractivity contribution in [2.75, 3.05) is 23.4 Å². The van der Waals surface area contributed by atoms with Crippen molar-refractivity contribution in [3.63, 3.8) is 0 Å². The summed E-state index contributed by atoms with van der Waals surface area (Å²) in [5.74, 6) is -0.347. The number of para-hydroxylation sites is 1. The molecule has 1 fully saturated rings. The molecule has 2 aliphatic rings. The number of amides is 1. The van der Waals surface area contributed by atoms with Crippen molar-refractivity contribution < 1.29 is 4.79 Å². The van der Waals surface area contributed by atoms with E-state index in [0.29, 0.717) is 5.56 Å². The first-order chi connectivity index (χ1) is 13.5. The van der Waals surface area contributed by atoms with Crippen molar-refractivity contribution in [3.05, 3.63) is 53.6 Å². The smallest absolute Gasteiger partial charge is 0.253 e. The second-order valence-electron chi connectivity index (χ2n) is 7.17. The standard InChI is InChI=1S/C21H20Cl2N4O/c1-26-16-5-3-2-4-15(16)18-11-14(25-21(28)20(22)23)8-9-27(18)17-7-6-13(12-24)10-19(17)26/h2-7,10,14,18,20H,8-9,11H2,1H3,(H,25,28)/t14-,18+/m0/s1. The molecule has 28 heavy (non-hydrogen) atoms. The van der Waals surface area contributed by atoms with Crippen LogP contribution in [0.2, 0.25) is 0 Å².